The first-order chi connectivity index (χ1) is 9.58. The summed E-state index contributed by atoms with van der Waals surface area (Å²) in [6.07, 6.45) is 5.13. The fourth-order valence-corrected chi connectivity index (χ4v) is 2.56. The molecule has 0 aliphatic rings. The highest BCUT2D eigenvalue weighted by molar-refractivity contribution is 9.10. The number of aromatic nitrogens is 1. The van der Waals surface area contributed by atoms with E-state index in [1.54, 1.807) is 12.4 Å². The zero-order valence-corrected chi connectivity index (χ0v) is 14.3. The fourth-order valence-electron chi connectivity index (χ4n) is 1.81. The number of rotatable bonds is 5. The first-order valence-corrected chi connectivity index (χ1v) is 7.99. The molecular formula is C15H16Br2N2O. The molecule has 2 N–H and O–H groups in total. The Hall–Kier alpha value is -0.910. The van der Waals surface area contributed by atoms with Crippen molar-refractivity contribution in [2.24, 2.45) is 5.73 Å². The van der Waals surface area contributed by atoms with E-state index in [2.05, 4.69) is 49.8 Å². The van der Waals surface area contributed by atoms with E-state index in [1.807, 2.05) is 18.2 Å². The Morgan fingerprint density at radius 2 is 2.00 bits per heavy atom. The van der Waals surface area contributed by atoms with Crippen molar-refractivity contribution in [1.29, 1.82) is 0 Å². The van der Waals surface area contributed by atoms with E-state index < -0.39 is 0 Å². The molecule has 1 heterocycles. The van der Waals surface area contributed by atoms with Crippen LogP contribution in [0.1, 0.15) is 18.9 Å². The Bertz CT molecular complexity index is 590. The molecule has 0 amide bonds. The highest BCUT2D eigenvalue weighted by Gasteiger charge is 2.10. The lowest BCUT2D eigenvalue weighted by Gasteiger charge is -2.14. The number of ether oxygens (including phenoxy) is 1. The third kappa shape index (κ3) is 4.30. The summed E-state index contributed by atoms with van der Waals surface area (Å²) in [5.74, 6) is 1.52. The summed E-state index contributed by atoms with van der Waals surface area (Å²) < 4.78 is 7.83. The van der Waals surface area contributed by atoms with Gasteiger partial charge in [0.15, 0.2) is 0 Å². The molecule has 0 radical (unpaired) electrons. The molecule has 0 bridgehead atoms. The zero-order valence-electron chi connectivity index (χ0n) is 11.1. The van der Waals surface area contributed by atoms with Gasteiger partial charge in [0.1, 0.15) is 11.5 Å². The van der Waals surface area contributed by atoms with Gasteiger partial charge in [-0.1, -0.05) is 22.9 Å². The van der Waals surface area contributed by atoms with Gasteiger partial charge in [-0.05, 0) is 58.6 Å². The second-order valence-corrected chi connectivity index (χ2v) is 6.40. The first-order valence-electron chi connectivity index (χ1n) is 6.41. The van der Waals surface area contributed by atoms with Crippen LogP contribution in [0.5, 0.6) is 11.5 Å². The minimum atomic E-state index is 0.132. The van der Waals surface area contributed by atoms with Crippen molar-refractivity contribution >= 4 is 31.9 Å². The Kier molecular flexibility index (Phi) is 5.57. The number of pyridine rings is 1. The Balaban J connectivity index is 2.26. The number of benzene rings is 1. The van der Waals surface area contributed by atoms with Crippen LogP contribution in [0.2, 0.25) is 0 Å². The lowest BCUT2D eigenvalue weighted by atomic mass is 10.0. The zero-order chi connectivity index (χ0) is 14.5. The average Bonchev–Trinajstić information content (AvgIpc) is 2.42. The summed E-state index contributed by atoms with van der Waals surface area (Å²) in [5.41, 5.74) is 7.14. The summed E-state index contributed by atoms with van der Waals surface area (Å²) in [5, 5.41) is 0. The van der Waals surface area contributed by atoms with Gasteiger partial charge in [-0.25, -0.2) is 0 Å². The van der Waals surface area contributed by atoms with Gasteiger partial charge in [0.25, 0.3) is 0 Å². The number of nitrogens with zero attached hydrogens (tertiary/aromatic N) is 1. The molecule has 0 saturated carbocycles. The Labute approximate surface area is 135 Å². The fraction of sp³-hybridized carbons (Fsp3) is 0.267. The van der Waals surface area contributed by atoms with Gasteiger partial charge in [-0.3, -0.25) is 4.98 Å². The van der Waals surface area contributed by atoms with Gasteiger partial charge in [0.05, 0.1) is 6.20 Å². The molecule has 106 valence electrons. The van der Waals surface area contributed by atoms with E-state index in [-0.39, 0.29) is 6.04 Å². The van der Waals surface area contributed by atoms with Crippen molar-refractivity contribution in [1.82, 2.24) is 4.98 Å². The van der Waals surface area contributed by atoms with Crippen molar-refractivity contribution in [2.45, 2.75) is 25.8 Å². The summed E-state index contributed by atoms with van der Waals surface area (Å²) in [4.78, 5) is 4.10. The lowest BCUT2D eigenvalue weighted by molar-refractivity contribution is 0.469. The molecule has 5 heteroatoms. The number of hydrogen-bond acceptors (Lipinski definition) is 3. The van der Waals surface area contributed by atoms with Crippen molar-refractivity contribution in [3.63, 3.8) is 0 Å². The second-order valence-electron chi connectivity index (χ2n) is 4.57. The van der Waals surface area contributed by atoms with E-state index in [4.69, 9.17) is 10.5 Å². The predicted octanol–water partition coefficient (Wildman–Crippen LogP) is 4.68. The van der Waals surface area contributed by atoms with Gasteiger partial charge in [0, 0.05) is 21.2 Å². The highest BCUT2D eigenvalue weighted by atomic mass is 79.9. The lowest BCUT2D eigenvalue weighted by Crippen LogP contribution is -2.21. The SMILES string of the molecule is CCC(N)Cc1cc(Br)ccc1Oc1cncc(Br)c1. The van der Waals surface area contributed by atoms with Gasteiger partial charge in [-0.2, -0.15) is 0 Å². The van der Waals surface area contributed by atoms with Crippen molar-refractivity contribution in [3.05, 3.63) is 51.2 Å². The topological polar surface area (TPSA) is 48.1 Å². The molecule has 1 aromatic heterocycles. The normalized spacial score (nSPS) is 12.2. The van der Waals surface area contributed by atoms with Crippen LogP contribution in [-0.4, -0.2) is 11.0 Å². The van der Waals surface area contributed by atoms with Crippen LogP contribution < -0.4 is 10.5 Å². The summed E-state index contributed by atoms with van der Waals surface area (Å²) in [7, 11) is 0. The quantitative estimate of drug-likeness (QED) is 0.793. The van der Waals surface area contributed by atoms with Crippen LogP contribution in [0.4, 0.5) is 0 Å². The molecule has 1 aromatic carbocycles. The molecule has 2 aromatic rings. The third-order valence-corrected chi connectivity index (χ3v) is 3.86. The van der Waals surface area contributed by atoms with Crippen molar-refractivity contribution < 1.29 is 4.74 Å². The number of nitrogens with two attached hydrogens (primary N) is 1. The minimum Gasteiger partial charge on any atom is -0.455 e. The van der Waals surface area contributed by atoms with Crippen molar-refractivity contribution in [2.75, 3.05) is 0 Å². The molecule has 0 saturated heterocycles. The second kappa shape index (κ2) is 7.20. The number of hydrogen-bond donors (Lipinski definition) is 1. The van der Waals surface area contributed by atoms with E-state index >= 15 is 0 Å². The molecule has 0 aliphatic heterocycles. The van der Waals surface area contributed by atoms with E-state index in [1.165, 1.54) is 0 Å². The molecule has 3 nitrogen and oxygen atoms in total. The minimum absolute atomic E-state index is 0.132. The standard InChI is InChI=1S/C15H16Br2N2O/c1-2-13(18)6-10-5-11(16)3-4-15(10)20-14-7-12(17)8-19-9-14/h3-5,7-9,13H,2,6,18H2,1H3. The number of halogens is 2. The van der Waals surface area contributed by atoms with E-state index in [0.29, 0.717) is 5.75 Å². The largest absolute Gasteiger partial charge is 0.455 e. The van der Waals surface area contributed by atoms with Crippen LogP contribution in [0.3, 0.4) is 0 Å². The molecule has 0 aliphatic carbocycles. The van der Waals surface area contributed by atoms with Crippen LogP contribution in [0.25, 0.3) is 0 Å². The summed E-state index contributed by atoms with van der Waals surface area (Å²) in [6, 6.07) is 7.98. The monoisotopic (exact) mass is 398 g/mol. The van der Waals surface area contributed by atoms with E-state index in [0.717, 1.165) is 33.1 Å². The maximum Gasteiger partial charge on any atom is 0.146 e. The molecule has 0 spiro atoms. The van der Waals surface area contributed by atoms with Gasteiger partial charge >= 0.3 is 0 Å². The molecule has 20 heavy (non-hydrogen) atoms. The molecular weight excluding hydrogens is 384 g/mol. The molecule has 2 rings (SSSR count). The van der Waals surface area contributed by atoms with Crippen LogP contribution in [-0.2, 0) is 6.42 Å². The summed E-state index contributed by atoms with van der Waals surface area (Å²) in [6.45, 7) is 2.08. The molecule has 1 atom stereocenters. The predicted molar refractivity (Wildman–Crippen MR) is 88.1 cm³/mol. The molecule has 0 fully saturated rings. The van der Waals surface area contributed by atoms with Crippen molar-refractivity contribution in [3.8, 4) is 11.5 Å². The maximum absolute atomic E-state index is 6.05. The van der Waals surface area contributed by atoms with Crippen LogP contribution in [0, 0.1) is 0 Å². The van der Waals surface area contributed by atoms with Gasteiger partial charge < -0.3 is 10.5 Å². The smallest absolute Gasteiger partial charge is 0.146 e. The average molecular weight is 400 g/mol. The Morgan fingerprint density at radius 3 is 2.70 bits per heavy atom. The molecule has 1 unspecified atom stereocenters. The maximum atomic E-state index is 6.05. The van der Waals surface area contributed by atoms with Gasteiger partial charge in [-0.15, -0.1) is 0 Å². The van der Waals surface area contributed by atoms with Crippen LogP contribution in [0.15, 0.2) is 45.6 Å². The third-order valence-electron chi connectivity index (χ3n) is 2.94. The van der Waals surface area contributed by atoms with Crippen LogP contribution >= 0.6 is 31.9 Å². The first kappa shape index (κ1) is 15.5. The van der Waals surface area contributed by atoms with E-state index in [9.17, 15) is 0 Å². The summed E-state index contributed by atoms with van der Waals surface area (Å²) >= 11 is 6.88. The van der Waals surface area contributed by atoms with Gasteiger partial charge in [0.2, 0.25) is 0 Å². The highest BCUT2D eigenvalue weighted by Crippen LogP contribution is 2.29. The Morgan fingerprint density at radius 1 is 1.20 bits per heavy atom.